The van der Waals surface area contributed by atoms with Gasteiger partial charge in [-0.3, -0.25) is 22.7 Å². The molecule has 3 aromatic heterocycles. The highest BCUT2D eigenvalue weighted by atomic mass is 31.2. The Balaban J connectivity index is 1.32. The minimum atomic E-state index is -5.11. The van der Waals surface area contributed by atoms with Crippen LogP contribution in [0, 0.1) is 5.92 Å². The lowest BCUT2D eigenvalue weighted by Crippen LogP contribution is -2.40. The van der Waals surface area contributed by atoms with E-state index in [2.05, 4.69) is 24.5 Å². The van der Waals surface area contributed by atoms with E-state index in [1.165, 1.54) is 23.2 Å². The molecule has 2 saturated heterocycles. The van der Waals surface area contributed by atoms with E-state index >= 15 is 0 Å². The maximum absolute atomic E-state index is 13.2. The third-order valence-corrected chi connectivity index (χ3v) is 9.11. The van der Waals surface area contributed by atoms with Gasteiger partial charge in [-0.2, -0.15) is 4.98 Å². The fraction of sp³-hybridized carbons (Fsp3) is 0.600. The van der Waals surface area contributed by atoms with Gasteiger partial charge in [0.15, 0.2) is 29.9 Å². The molecule has 2 fully saturated rings. The number of aromatic nitrogens is 6. The number of phosphoric acid groups is 2. The lowest BCUT2D eigenvalue weighted by atomic mass is 10.1. The number of hydrogen-bond donors (Lipinski definition) is 7. The molecule has 5 rings (SSSR count). The largest absolute Gasteiger partial charge is 0.472 e. The van der Waals surface area contributed by atoms with Gasteiger partial charge in [0.25, 0.3) is 0 Å². The zero-order chi connectivity index (χ0) is 36.5. The molecule has 0 bridgehead atoms. The van der Waals surface area contributed by atoms with E-state index in [4.69, 9.17) is 34.7 Å². The number of aliphatic hydroxyl groups excluding tert-OH is 2. The lowest BCUT2D eigenvalue weighted by molar-refractivity contribution is -0.169. The highest BCUT2D eigenvalue weighted by Gasteiger charge is 2.50. The number of aliphatic hydroxyl groups is 2. The molecule has 0 saturated carbocycles. The van der Waals surface area contributed by atoms with Crippen LogP contribution in [0.2, 0.25) is 0 Å². The normalized spacial score (nSPS) is 27.5. The number of nitrogens with zero attached hydrogens (tertiary/aromatic N) is 6. The molecule has 276 valence electrons. The fourth-order valence-electron chi connectivity index (χ4n) is 5.34. The minimum absolute atomic E-state index is 0.0200. The fourth-order valence-corrected chi connectivity index (χ4v) is 6.64. The number of ether oxygens (including phenoxy) is 3. The van der Waals surface area contributed by atoms with Gasteiger partial charge in [-0.25, -0.2) is 33.7 Å². The van der Waals surface area contributed by atoms with Crippen LogP contribution in [0.4, 0.5) is 11.6 Å². The van der Waals surface area contributed by atoms with E-state index < -0.39 is 89.6 Å². The summed E-state index contributed by atoms with van der Waals surface area (Å²) in [7, 11) is -10.1. The van der Waals surface area contributed by atoms with Gasteiger partial charge in [-0.1, -0.05) is 13.8 Å². The summed E-state index contributed by atoms with van der Waals surface area (Å²) in [5.74, 6) is -1.22. The molecule has 0 radical (unpaired) electrons. The summed E-state index contributed by atoms with van der Waals surface area (Å²) in [5, 5.41) is 21.5. The second-order valence-electron chi connectivity index (χ2n) is 11.8. The van der Waals surface area contributed by atoms with Crippen molar-refractivity contribution in [1.82, 2.24) is 29.1 Å². The smallest absolute Gasteiger partial charge is 0.453 e. The Bertz CT molecular complexity index is 1840. The number of esters is 1. The van der Waals surface area contributed by atoms with E-state index in [-0.39, 0.29) is 41.6 Å². The highest BCUT2D eigenvalue weighted by molar-refractivity contribution is 7.47. The maximum Gasteiger partial charge on any atom is 0.472 e. The molecule has 1 unspecified atom stereocenters. The molecular weight excluding hydrogens is 714 g/mol. The molecule has 23 nitrogen and oxygen atoms in total. The minimum Gasteiger partial charge on any atom is -0.453 e. The van der Waals surface area contributed by atoms with E-state index in [1.807, 2.05) is 0 Å². The first-order chi connectivity index (χ1) is 23.4. The van der Waals surface area contributed by atoms with Gasteiger partial charge in [0, 0.05) is 12.6 Å². The molecule has 3 aromatic rings. The Hall–Kier alpha value is -3.44. The number of imidazole rings is 1. The van der Waals surface area contributed by atoms with Crippen molar-refractivity contribution in [1.29, 1.82) is 0 Å². The van der Waals surface area contributed by atoms with Crippen molar-refractivity contribution >= 4 is 44.4 Å². The number of fused-ring (bicyclic) bond motifs is 1. The zero-order valence-electron chi connectivity index (χ0n) is 26.4. The van der Waals surface area contributed by atoms with Crippen LogP contribution in [0.1, 0.15) is 39.1 Å². The molecule has 50 heavy (non-hydrogen) atoms. The van der Waals surface area contributed by atoms with Crippen molar-refractivity contribution in [2.45, 2.75) is 75.8 Å². The van der Waals surface area contributed by atoms with Crippen LogP contribution in [0.25, 0.3) is 11.2 Å². The summed E-state index contributed by atoms with van der Waals surface area (Å²) in [4.78, 5) is 69.9. The van der Waals surface area contributed by atoms with Crippen LogP contribution in [-0.4, -0.2) is 110 Å². The molecule has 25 heteroatoms. The number of carbonyl (C=O) groups is 1. The first-order valence-corrected chi connectivity index (χ1v) is 18.0. The van der Waals surface area contributed by atoms with Crippen molar-refractivity contribution in [2.24, 2.45) is 5.92 Å². The number of hydrogen-bond acceptors (Lipinski definition) is 18. The molecule has 2 aliphatic heterocycles. The molecule has 9 N–H and O–H groups in total. The molecule has 5 heterocycles. The number of nitrogens with two attached hydrogens (primary N) is 2. The van der Waals surface area contributed by atoms with Crippen LogP contribution in [0.3, 0.4) is 0 Å². The SMILES string of the molecule is CC(C)C[C@H](O)C(=O)O[C@@H]1[C@H](O)[C@@H](COP(=O)(O)O[C@H]2C[C@H](n3ccc(N)nc3=O)O[C@@H]2COP(=O)(O)O)O[C@H]1n1cnc2c(N)ncnc21. The van der Waals surface area contributed by atoms with Gasteiger partial charge in [-0.15, -0.1) is 0 Å². The Morgan fingerprint density at radius 1 is 1.08 bits per heavy atom. The van der Waals surface area contributed by atoms with Gasteiger partial charge in [0.1, 0.15) is 48.3 Å². The second-order valence-corrected chi connectivity index (χ2v) is 14.4. The van der Waals surface area contributed by atoms with E-state index in [0.29, 0.717) is 0 Å². The standard InChI is InChI=1S/C25H36N8O15P2/c1-11(2)5-12(34)24(36)47-20-19(35)15(46-23(20)33-10-30-18-21(27)28-9-29-22(18)33)8-44-50(41,42)48-13-6-17(32-4-3-16(26)31-25(32)37)45-14(13)7-43-49(38,39)40/h3-4,9-15,17,19-20,23,34-35H,5-8H2,1-2H3,(H,41,42)(H2,26,31,37)(H2,27,28,29)(H2,38,39,40)/t12-,13-,14+,15+,17+,19+,20+,23+/m0/s1. The monoisotopic (exact) mass is 750 g/mol. The Labute approximate surface area is 281 Å². The zero-order valence-corrected chi connectivity index (χ0v) is 28.2. The first-order valence-electron chi connectivity index (χ1n) is 14.9. The van der Waals surface area contributed by atoms with E-state index in [1.54, 1.807) is 13.8 Å². The molecule has 0 amide bonds. The number of nitrogen functional groups attached to an aromatic ring is 2. The quantitative estimate of drug-likeness (QED) is 0.0745. The van der Waals surface area contributed by atoms with Crippen molar-refractivity contribution in [3.8, 4) is 0 Å². The van der Waals surface area contributed by atoms with Gasteiger partial charge in [-0.05, 0) is 18.4 Å². The van der Waals surface area contributed by atoms with Crippen LogP contribution in [-0.2, 0) is 41.7 Å². The van der Waals surface area contributed by atoms with Crippen molar-refractivity contribution < 1.29 is 66.6 Å². The predicted octanol–water partition coefficient (Wildman–Crippen LogP) is -1.28. The summed E-state index contributed by atoms with van der Waals surface area (Å²) in [6, 6.07) is 1.28. The number of anilines is 2. The lowest BCUT2D eigenvalue weighted by Gasteiger charge is -2.23. The Morgan fingerprint density at radius 2 is 1.80 bits per heavy atom. The summed E-state index contributed by atoms with van der Waals surface area (Å²) >= 11 is 0. The number of rotatable bonds is 14. The molecular formula is C25H36N8O15P2. The number of phosphoric ester groups is 2. The van der Waals surface area contributed by atoms with Gasteiger partial charge in [0.2, 0.25) is 0 Å². The average molecular weight is 751 g/mol. The van der Waals surface area contributed by atoms with Gasteiger partial charge >= 0.3 is 27.3 Å². The Kier molecular flexibility index (Phi) is 11.4. The van der Waals surface area contributed by atoms with Gasteiger partial charge in [0.05, 0.1) is 19.5 Å². The summed E-state index contributed by atoms with van der Waals surface area (Å²) < 4.78 is 58.7. The molecule has 9 atom stereocenters. The molecule has 0 spiro atoms. The van der Waals surface area contributed by atoms with E-state index in [0.717, 1.165) is 10.9 Å². The maximum atomic E-state index is 13.2. The van der Waals surface area contributed by atoms with Crippen LogP contribution < -0.4 is 17.2 Å². The van der Waals surface area contributed by atoms with Crippen molar-refractivity contribution in [3.63, 3.8) is 0 Å². The van der Waals surface area contributed by atoms with Crippen LogP contribution in [0.5, 0.6) is 0 Å². The highest BCUT2D eigenvalue weighted by Crippen LogP contribution is 2.50. The summed E-state index contributed by atoms with van der Waals surface area (Å²) in [5.41, 5.74) is 10.9. The van der Waals surface area contributed by atoms with E-state index in [9.17, 15) is 43.6 Å². The second kappa shape index (κ2) is 15.0. The first kappa shape index (κ1) is 37.8. The van der Waals surface area contributed by atoms with Gasteiger partial charge < -0.3 is 50.6 Å². The predicted molar refractivity (Wildman–Crippen MR) is 165 cm³/mol. The summed E-state index contributed by atoms with van der Waals surface area (Å²) in [6.07, 6.45) is -8.24. The van der Waals surface area contributed by atoms with Crippen LogP contribution in [0.15, 0.2) is 29.7 Å². The summed E-state index contributed by atoms with van der Waals surface area (Å²) in [6.45, 7) is 1.89. The molecule has 0 aromatic carbocycles. The Morgan fingerprint density at radius 3 is 2.48 bits per heavy atom. The third kappa shape index (κ3) is 8.88. The molecule has 2 aliphatic rings. The topological polar surface area (TPSA) is 338 Å². The van der Waals surface area contributed by atoms with Crippen molar-refractivity contribution in [2.75, 3.05) is 24.7 Å². The molecule has 0 aliphatic carbocycles. The van der Waals surface area contributed by atoms with Crippen LogP contribution >= 0.6 is 15.6 Å². The number of carbonyl (C=O) groups excluding carboxylic acids is 1. The third-order valence-electron chi connectivity index (χ3n) is 7.61. The average Bonchev–Trinajstić information content (AvgIpc) is 3.70. The van der Waals surface area contributed by atoms with Crippen molar-refractivity contribution in [3.05, 3.63) is 35.4 Å².